The zero-order chi connectivity index (χ0) is 17.4. The van der Waals surface area contributed by atoms with Crippen molar-refractivity contribution in [1.82, 2.24) is 10.2 Å². The molecule has 26 heavy (non-hydrogen) atoms. The summed E-state index contributed by atoms with van der Waals surface area (Å²) in [5.41, 5.74) is 7.70. The lowest BCUT2D eigenvalue weighted by atomic mass is 9.84. The van der Waals surface area contributed by atoms with Crippen molar-refractivity contribution in [3.05, 3.63) is 35.9 Å². The van der Waals surface area contributed by atoms with Gasteiger partial charge in [-0.15, -0.1) is 12.4 Å². The van der Waals surface area contributed by atoms with E-state index >= 15 is 0 Å². The molecule has 3 N–H and O–H groups in total. The van der Waals surface area contributed by atoms with Crippen LogP contribution in [-0.4, -0.2) is 36.0 Å². The fourth-order valence-electron chi connectivity index (χ4n) is 5.42. The number of fused-ring (bicyclic) bond motifs is 2. The molecule has 144 valence electrons. The number of nitrogens with zero attached hydrogens (tertiary/aromatic N) is 1. The average Bonchev–Trinajstić information content (AvgIpc) is 3.31. The molecule has 2 bridgehead atoms. The van der Waals surface area contributed by atoms with Crippen molar-refractivity contribution in [2.24, 2.45) is 29.4 Å². The molecule has 2 aliphatic carbocycles. The number of carbonyl (C=O) groups is 1. The molecule has 1 heterocycles. The van der Waals surface area contributed by atoms with Gasteiger partial charge in [-0.3, -0.25) is 9.69 Å². The van der Waals surface area contributed by atoms with Gasteiger partial charge in [0.1, 0.15) is 0 Å². The van der Waals surface area contributed by atoms with Crippen LogP contribution in [-0.2, 0) is 11.3 Å². The third kappa shape index (κ3) is 3.92. The minimum Gasteiger partial charge on any atom is -0.353 e. The Hall–Kier alpha value is -1.10. The third-order valence-electron chi connectivity index (χ3n) is 6.92. The van der Waals surface area contributed by atoms with Gasteiger partial charge < -0.3 is 11.1 Å². The zero-order valence-corrected chi connectivity index (χ0v) is 16.5. The van der Waals surface area contributed by atoms with Gasteiger partial charge in [0.05, 0.1) is 5.92 Å². The van der Waals surface area contributed by atoms with Gasteiger partial charge in [0.15, 0.2) is 0 Å². The van der Waals surface area contributed by atoms with E-state index in [1.807, 2.05) is 0 Å². The van der Waals surface area contributed by atoms with Crippen molar-refractivity contribution >= 4 is 18.3 Å². The average molecular weight is 378 g/mol. The number of carbonyl (C=O) groups excluding carboxylic acids is 1. The highest BCUT2D eigenvalue weighted by atomic mass is 35.5. The standard InChI is InChI=1S/C21H31N3O.ClH/c1-14(23-21(25)19-16-7-8-17(11-16)20(19)22)18-9-10-24(13-18)12-15-5-3-2-4-6-15;/h2-6,14,16-20H,7-13,22H2,1H3,(H,23,25);1H. The van der Waals surface area contributed by atoms with Crippen molar-refractivity contribution in [3.8, 4) is 0 Å². The molecule has 3 aliphatic rings. The van der Waals surface area contributed by atoms with Gasteiger partial charge in [0, 0.05) is 25.2 Å². The Morgan fingerprint density at radius 3 is 2.65 bits per heavy atom. The van der Waals surface area contributed by atoms with E-state index in [0.717, 1.165) is 26.1 Å². The van der Waals surface area contributed by atoms with Crippen LogP contribution in [0.4, 0.5) is 0 Å². The number of halogens is 1. The van der Waals surface area contributed by atoms with E-state index in [9.17, 15) is 4.79 Å². The van der Waals surface area contributed by atoms with E-state index < -0.39 is 0 Å². The van der Waals surface area contributed by atoms with Crippen LogP contribution in [0.5, 0.6) is 0 Å². The van der Waals surface area contributed by atoms with E-state index in [-0.39, 0.29) is 36.3 Å². The molecule has 1 aromatic rings. The van der Waals surface area contributed by atoms with Crippen molar-refractivity contribution < 1.29 is 4.79 Å². The van der Waals surface area contributed by atoms with Gasteiger partial charge in [-0.05, 0) is 62.5 Å². The molecule has 2 saturated carbocycles. The van der Waals surface area contributed by atoms with E-state index in [2.05, 4.69) is 47.5 Å². The first-order valence-electron chi connectivity index (χ1n) is 9.94. The highest BCUT2D eigenvalue weighted by Gasteiger charge is 2.49. The Balaban J connectivity index is 0.00000196. The van der Waals surface area contributed by atoms with Crippen molar-refractivity contribution in [3.63, 3.8) is 0 Å². The van der Waals surface area contributed by atoms with Crippen LogP contribution in [0.3, 0.4) is 0 Å². The van der Waals surface area contributed by atoms with Gasteiger partial charge >= 0.3 is 0 Å². The molecule has 5 heteroatoms. The minimum atomic E-state index is 0. The summed E-state index contributed by atoms with van der Waals surface area (Å²) < 4.78 is 0. The summed E-state index contributed by atoms with van der Waals surface area (Å²) in [5.74, 6) is 1.94. The van der Waals surface area contributed by atoms with Crippen LogP contribution < -0.4 is 11.1 Å². The number of amides is 1. The molecule has 0 radical (unpaired) electrons. The SMILES string of the molecule is CC(NC(=O)C1C2CCC(C2)C1N)C1CCN(Cc2ccccc2)C1.Cl. The Morgan fingerprint density at radius 1 is 1.23 bits per heavy atom. The summed E-state index contributed by atoms with van der Waals surface area (Å²) in [7, 11) is 0. The molecule has 1 aliphatic heterocycles. The predicted octanol–water partition coefficient (Wildman–Crippen LogP) is 2.81. The molecule has 1 saturated heterocycles. The van der Waals surface area contributed by atoms with Gasteiger partial charge in [0.2, 0.25) is 5.91 Å². The zero-order valence-electron chi connectivity index (χ0n) is 15.6. The Labute approximate surface area is 163 Å². The molecule has 3 fully saturated rings. The highest BCUT2D eigenvalue weighted by Crippen LogP contribution is 2.47. The quantitative estimate of drug-likeness (QED) is 0.829. The first kappa shape index (κ1) is 19.7. The summed E-state index contributed by atoms with van der Waals surface area (Å²) in [4.78, 5) is 15.3. The molecule has 4 rings (SSSR count). The molecule has 4 nitrogen and oxygen atoms in total. The number of hydrogen-bond donors (Lipinski definition) is 2. The number of nitrogens with two attached hydrogens (primary N) is 1. The molecule has 0 aromatic heterocycles. The van der Waals surface area contributed by atoms with E-state index in [0.29, 0.717) is 17.8 Å². The molecule has 6 atom stereocenters. The van der Waals surface area contributed by atoms with Gasteiger partial charge in [0.25, 0.3) is 0 Å². The van der Waals surface area contributed by atoms with Crippen LogP contribution in [0.2, 0.25) is 0 Å². The lowest BCUT2D eigenvalue weighted by molar-refractivity contribution is -0.128. The molecule has 1 amide bonds. The summed E-state index contributed by atoms with van der Waals surface area (Å²) in [5, 5.41) is 3.32. The second-order valence-corrected chi connectivity index (χ2v) is 8.50. The predicted molar refractivity (Wildman–Crippen MR) is 107 cm³/mol. The van der Waals surface area contributed by atoms with E-state index in [1.54, 1.807) is 0 Å². The van der Waals surface area contributed by atoms with Crippen LogP contribution in [0.15, 0.2) is 30.3 Å². The topological polar surface area (TPSA) is 58.4 Å². The summed E-state index contributed by atoms with van der Waals surface area (Å²) in [6, 6.07) is 11.0. The molecular formula is C21H32ClN3O. The Morgan fingerprint density at radius 2 is 1.96 bits per heavy atom. The fraction of sp³-hybridized carbons (Fsp3) is 0.667. The summed E-state index contributed by atoms with van der Waals surface area (Å²) in [6.45, 7) is 5.37. The van der Waals surface area contributed by atoms with Crippen LogP contribution in [0, 0.1) is 23.7 Å². The monoisotopic (exact) mass is 377 g/mol. The van der Waals surface area contributed by atoms with E-state index in [4.69, 9.17) is 5.73 Å². The Kier molecular flexibility index (Phi) is 6.26. The normalized spacial score (nSPS) is 34.5. The van der Waals surface area contributed by atoms with Crippen molar-refractivity contribution in [1.29, 1.82) is 0 Å². The van der Waals surface area contributed by atoms with E-state index in [1.165, 1.54) is 24.8 Å². The largest absolute Gasteiger partial charge is 0.353 e. The summed E-state index contributed by atoms with van der Waals surface area (Å²) >= 11 is 0. The fourth-order valence-corrected chi connectivity index (χ4v) is 5.42. The minimum absolute atomic E-state index is 0. The third-order valence-corrected chi connectivity index (χ3v) is 6.92. The van der Waals surface area contributed by atoms with Crippen LogP contribution in [0.25, 0.3) is 0 Å². The maximum atomic E-state index is 12.8. The van der Waals surface area contributed by atoms with Crippen LogP contribution in [0.1, 0.15) is 38.2 Å². The maximum Gasteiger partial charge on any atom is 0.225 e. The van der Waals surface area contributed by atoms with Crippen LogP contribution >= 0.6 is 12.4 Å². The first-order valence-corrected chi connectivity index (χ1v) is 9.94. The number of likely N-dealkylation sites (tertiary alicyclic amines) is 1. The second-order valence-electron chi connectivity index (χ2n) is 8.50. The van der Waals surface area contributed by atoms with Crippen molar-refractivity contribution in [2.75, 3.05) is 13.1 Å². The lowest BCUT2D eigenvalue weighted by Crippen LogP contribution is -2.49. The number of hydrogen-bond acceptors (Lipinski definition) is 3. The Bertz CT molecular complexity index is 609. The van der Waals surface area contributed by atoms with Gasteiger partial charge in [-0.1, -0.05) is 30.3 Å². The van der Waals surface area contributed by atoms with Gasteiger partial charge in [-0.2, -0.15) is 0 Å². The smallest absolute Gasteiger partial charge is 0.225 e. The maximum absolute atomic E-state index is 12.8. The first-order chi connectivity index (χ1) is 12.1. The number of nitrogens with one attached hydrogen (secondary N) is 1. The molecular weight excluding hydrogens is 346 g/mol. The van der Waals surface area contributed by atoms with Gasteiger partial charge in [-0.25, -0.2) is 0 Å². The lowest BCUT2D eigenvalue weighted by Gasteiger charge is -2.30. The number of rotatable bonds is 5. The highest BCUT2D eigenvalue weighted by molar-refractivity contribution is 5.85. The molecule has 1 aromatic carbocycles. The molecule has 0 spiro atoms. The summed E-state index contributed by atoms with van der Waals surface area (Å²) in [6.07, 6.45) is 4.75. The second kappa shape index (κ2) is 8.28. The molecule has 6 unspecified atom stereocenters. The van der Waals surface area contributed by atoms with Crippen molar-refractivity contribution in [2.45, 2.75) is 51.2 Å². The number of benzene rings is 1.